The molecule has 0 aliphatic heterocycles. The summed E-state index contributed by atoms with van der Waals surface area (Å²) in [5, 5.41) is 38.4. The van der Waals surface area contributed by atoms with Crippen molar-refractivity contribution >= 4 is 91.2 Å². The Bertz CT molecular complexity index is 879. The predicted molar refractivity (Wildman–Crippen MR) is 142 cm³/mol. The number of halogens is 3. The van der Waals surface area contributed by atoms with Gasteiger partial charge >= 0.3 is 0 Å². The monoisotopic (exact) mass is 788 g/mol. The number of nitrogens with one attached hydrogen (secondary N) is 3. The zero-order chi connectivity index (χ0) is 24.6. The molecule has 0 spiro atoms. The summed E-state index contributed by atoms with van der Waals surface area (Å²) in [5.41, 5.74) is 0.376. The quantitative estimate of drug-likeness (QED) is 0.143. The Hall–Kier alpha value is -0.700. The fourth-order valence-electron chi connectivity index (χ4n) is 2.34. The molecule has 0 saturated heterocycles. The van der Waals surface area contributed by atoms with Crippen LogP contribution in [0.3, 0.4) is 0 Å². The van der Waals surface area contributed by atoms with Gasteiger partial charge in [-0.3, -0.25) is 14.4 Å². The highest BCUT2D eigenvalue weighted by atomic mass is 127. The molecule has 0 heterocycles. The molecular formula is C18H23I3N4O7. The van der Waals surface area contributed by atoms with Gasteiger partial charge in [0.1, 0.15) is 6.54 Å². The van der Waals surface area contributed by atoms with E-state index in [0.717, 1.165) is 0 Å². The first kappa shape index (κ1) is 29.3. The molecule has 1 aromatic carbocycles. The average molecular weight is 788 g/mol. The van der Waals surface area contributed by atoms with Gasteiger partial charge in [-0.2, -0.15) is 4.91 Å². The molecule has 1 atom stereocenters. The molecule has 1 rings (SSSR count). The van der Waals surface area contributed by atoms with E-state index in [1.807, 2.05) is 67.8 Å². The molecule has 0 bridgehead atoms. The SMILES string of the molecule is CC(C)C(=O)Nc1c(I)c(C(=O)NC(CO)CO)c(I)c(C(=O)NC(CO)CN=O)c1I. The highest BCUT2D eigenvalue weighted by Gasteiger charge is 2.30. The number of anilines is 1. The van der Waals surface area contributed by atoms with Crippen molar-refractivity contribution in [2.45, 2.75) is 25.9 Å². The van der Waals surface area contributed by atoms with Gasteiger partial charge in [-0.25, -0.2) is 0 Å². The Morgan fingerprint density at radius 3 is 1.66 bits per heavy atom. The molecule has 0 aliphatic rings. The van der Waals surface area contributed by atoms with Crippen LogP contribution in [0.1, 0.15) is 34.6 Å². The van der Waals surface area contributed by atoms with Crippen molar-refractivity contribution in [1.82, 2.24) is 10.6 Å². The Labute approximate surface area is 225 Å². The molecule has 178 valence electrons. The van der Waals surface area contributed by atoms with Gasteiger partial charge in [-0.15, -0.1) is 0 Å². The minimum Gasteiger partial charge on any atom is -0.394 e. The molecule has 3 amide bonds. The number of aliphatic hydroxyl groups is 3. The number of nitroso groups, excluding NO2 is 1. The van der Waals surface area contributed by atoms with E-state index in [4.69, 9.17) is 0 Å². The highest BCUT2D eigenvalue weighted by Crippen LogP contribution is 2.36. The van der Waals surface area contributed by atoms with E-state index < -0.39 is 43.7 Å². The van der Waals surface area contributed by atoms with Crippen LogP contribution in [0.25, 0.3) is 0 Å². The summed E-state index contributed by atoms with van der Waals surface area (Å²) in [6.07, 6.45) is 0. The lowest BCUT2D eigenvalue weighted by molar-refractivity contribution is -0.118. The van der Waals surface area contributed by atoms with E-state index in [2.05, 4.69) is 21.1 Å². The van der Waals surface area contributed by atoms with Crippen LogP contribution in [0.15, 0.2) is 5.18 Å². The molecule has 1 unspecified atom stereocenters. The molecule has 32 heavy (non-hydrogen) atoms. The summed E-state index contributed by atoms with van der Waals surface area (Å²) >= 11 is 5.58. The lowest BCUT2D eigenvalue weighted by Gasteiger charge is -2.22. The van der Waals surface area contributed by atoms with Gasteiger partial charge in [0.2, 0.25) is 5.91 Å². The van der Waals surface area contributed by atoms with Crippen LogP contribution < -0.4 is 16.0 Å². The maximum atomic E-state index is 13.0. The van der Waals surface area contributed by atoms with Crippen LogP contribution in [0.5, 0.6) is 0 Å². The van der Waals surface area contributed by atoms with Gasteiger partial charge in [-0.05, 0) is 67.8 Å². The fourth-order valence-corrected chi connectivity index (χ4v) is 6.76. The minimum atomic E-state index is -0.926. The van der Waals surface area contributed by atoms with Gasteiger partial charge in [-0.1, -0.05) is 19.0 Å². The summed E-state index contributed by atoms with van der Waals surface area (Å²) in [4.78, 5) is 48.9. The van der Waals surface area contributed by atoms with E-state index in [9.17, 15) is 34.6 Å². The predicted octanol–water partition coefficient (Wildman–Crippen LogP) is 1.04. The number of hydrogen-bond acceptors (Lipinski definition) is 8. The lowest BCUT2D eigenvalue weighted by Crippen LogP contribution is -2.42. The Morgan fingerprint density at radius 1 is 0.844 bits per heavy atom. The second kappa shape index (κ2) is 13.9. The van der Waals surface area contributed by atoms with E-state index in [0.29, 0.717) is 7.14 Å². The number of amides is 3. The highest BCUT2D eigenvalue weighted by molar-refractivity contribution is 14.1. The third-order valence-corrected chi connectivity index (χ3v) is 7.41. The molecule has 0 aromatic heterocycles. The van der Waals surface area contributed by atoms with Crippen molar-refractivity contribution in [3.05, 3.63) is 26.7 Å². The van der Waals surface area contributed by atoms with Crippen molar-refractivity contribution in [1.29, 1.82) is 0 Å². The molecule has 14 heteroatoms. The fraction of sp³-hybridized carbons (Fsp3) is 0.500. The number of hydrogen-bond donors (Lipinski definition) is 6. The van der Waals surface area contributed by atoms with Gasteiger partial charge in [0.25, 0.3) is 11.8 Å². The number of nitrogens with zero attached hydrogens (tertiary/aromatic N) is 1. The first-order chi connectivity index (χ1) is 15.0. The first-order valence-electron chi connectivity index (χ1n) is 9.28. The minimum absolute atomic E-state index is 0.0599. The largest absolute Gasteiger partial charge is 0.394 e. The zero-order valence-electron chi connectivity index (χ0n) is 17.1. The van der Waals surface area contributed by atoms with E-state index in [1.165, 1.54) is 0 Å². The first-order valence-corrected chi connectivity index (χ1v) is 12.5. The number of carbonyl (C=O) groups excluding carboxylic acids is 3. The van der Waals surface area contributed by atoms with Crippen molar-refractivity contribution in [2.24, 2.45) is 11.1 Å². The van der Waals surface area contributed by atoms with Crippen molar-refractivity contribution in [3.63, 3.8) is 0 Å². The summed E-state index contributed by atoms with van der Waals surface area (Å²) in [5.74, 6) is -2.04. The van der Waals surface area contributed by atoms with Crippen LogP contribution in [-0.2, 0) is 4.79 Å². The zero-order valence-corrected chi connectivity index (χ0v) is 23.6. The summed E-state index contributed by atoms with van der Waals surface area (Å²) in [6.45, 7) is 1.51. The van der Waals surface area contributed by atoms with Crippen LogP contribution in [-0.4, -0.2) is 71.5 Å². The molecule has 6 N–H and O–H groups in total. The second-order valence-electron chi connectivity index (χ2n) is 6.91. The smallest absolute Gasteiger partial charge is 0.253 e. The Balaban J connectivity index is 3.66. The Kier molecular flexibility index (Phi) is 12.7. The molecule has 0 fully saturated rings. The standard InChI is InChI=1S/C18H23I3N4O7/c1-7(2)16(29)25-15-13(20)10(17(30)23-8(4-26)3-22-32)12(19)11(14(15)21)18(31)24-9(5-27)6-28/h7-9,26-28H,3-6H2,1-2H3,(H,23,30)(H,24,31)(H,25,29). The molecule has 11 nitrogen and oxygen atoms in total. The number of carbonyl (C=O) groups is 3. The normalized spacial score (nSPS) is 11.9. The van der Waals surface area contributed by atoms with E-state index in [-0.39, 0.29) is 38.8 Å². The Morgan fingerprint density at radius 2 is 1.28 bits per heavy atom. The van der Waals surface area contributed by atoms with Crippen LogP contribution in [0.4, 0.5) is 5.69 Å². The van der Waals surface area contributed by atoms with Crippen molar-refractivity contribution < 1.29 is 29.7 Å². The van der Waals surface area contributed by atoms with E-state index >= 15 is 0 Å². The molecular weight excluding hydrogens is 765 g/mol. The lowest BCUT2D eigenvalue weighted by atomic mass is 10.1. The van der Waals surface area contributed by atoms with Crippen molar-refractivity contribution in [2.75, 3.05) is 31.7 Å². The van der Waals surface area contributed by atoms with Crippen LogP contribution in [0.2, 0.25) is 0 Å². The maximum absolute atomic E-state index is 13.0. The van der Waals surface area contributed by atoms with Gasteiger partial charge in [0.15, 0.2) is 0 Å². The molecule has 1 aromatic rings. The summed E-state index contributed by atoms with van der Waals surface area (Å²) < 4.78 is 0.970. The van der Waals surface area contributed by atoms with Gasteiger partial charge in [0.05, 0.1) is 55.9 Å². The summed E-state index contributed by atoms with van der Waals surface area (Å²) in [7, 11) is 0. The maximum Gasteiger partial charge on any atom is 0.253 e. The second-order valence-corrected chi connectivity index (χ2v) is 10.1. The van der Waals surface area contributed by atoms with Crippen molar-refractivity contribution in [3.8, 4) is 0 Å². The number of aliphatic hydroxyl groups excluding tert-OH is 3. The number of benzene rings is 1. The average Bonchev–Trinajstić information content (AvgIpc) is 2.74. The van der Waals surface area contributed by atoms with Crippen LogP contribution >= 0.6 is 67.8 Å². The number of rotatable bonds is 11. The molecule has 0 saturated carbocycles. The van der Waals surface area contributed by atoms with E-state index in [1.54, 1.807) is 13.8 Å². The molecule has 0 radical (unpaired) electrons. The molecule has 0 aliphatic carbocycles. The third kappa shape index (κ3) is 7.40. The summed E-state index contributed by atoms with van der Waals surface area (Å²) in [6, 6.07) is -1.85. The van der Waals surface area contributed by atoms with Gasteiger partial charge < -0.3 is 31.3 Å². The van der Waals surface area contributed by atoms with Crippen LogP contribution in [0, 0.1) is 21.5 Å². The third-order valence-electron chi connectivity index (χ3n) is 4.17. The van der Waals surface area contributed by atoms with Gasteiger partial charge in [0, 0.05) is 9.49 Å². The topological polar surface area (TPSA) is 177 Å².